The van der Waals surface area contributed by atoms with E-state index in [4.69, 9.17) is 18.6 Å². The Labute approximate surface area is 205 Å². The van der Waals surface area contributed by atoms with E-state index in [1.165, 1.54) is 0 Å². The summed E-state index contributed by atoms with van der Waals surface area (Å²) in [7, 11) is 4.86. The number of methoxy groups -OCH3 is 3. The van der Waals surface area contributed by atoms with Crippen LogP contribution in [0.25, 0.3) is 27.7 Å². The van der Waals surface area contributed by atoms with Gasteiger partial charge in [-0.25, -0.2) is 0 Å². The van der Waals surface area contributed by atoms with Crippen LogP contribution in [0.15, 0.2) is 77.4 Å². The lowest BCUT2D eigenvalue weighted by molar-refractivity contribution is -0.117. The van der Waals surface area contributed by atoms with Crippen LogP contribution in [0.5, 0.6) is 17.2 Å². The van der Waals surface area contributed by atoms with Crippen LogP contribution in [0.4, 0.5) is 0 Å². The molecule has 0 saturated heterocycles. The van der Waals surface area contributed by atoms with Gasteiger partial charge in [-0.2, -0.15) is 0 Å². The molecule has 4 rings (SSSR count). The Morgan fingerprint density at radius 2 is 1.66 bits per heavy atom. The largest absolute Gasteiger partial charge is 0.497 e. The Morgan fingerprint density at radius 1 is 0.914 bits per heavy atom. The van der Waals surface area contributed by atoms with Gasteiger partial charge in [0.1, 0.15) is 22.8 Å². The number of allylic oxidation sites excluding steroid dienone is 1. The topological polar surface area (TPSA) is 69.9 Å². The van der Waals surface area contributed by atoms with Gasteiger partial charge in [0, 0.05) is 34.2 Å². The van der Waals surface area contributed by atoms with Crippen molar-refractivity contribution in [1.29, 1.82) is 0 Å². The first kappa shape index (κ1) is 24.0. The maximum absolute atomic E-state index is 12.8. The number of nitrogens with one attached hydrogen (secondary N) is 1. The van der Waals surface area contributed by atoms with Crippen molar-refractivity contribution in [3.8, 4) is 28.4 Å². The van der Waals surface area contributed by atoms with E-state index in [1.54, 1.807) is 33.7 Å². The molecule has 6 heteroatoms. The highest BCUT2D eigenvalue weighted by molar-refractivity contribution is 6.01. The fourth-order valence-corrected chi connectivity index (χ4v) is 4.12. The molecular formula is C29H29NO5. The maximum Gasteiger partial charge on any atom is 0.244 e. The van der Waals surface area contributed by atoms with E-state index in [1.807, 2.05) is 74.5 Å². The highest BCUT2D eigenvalue weighted by atomic mass is 16.5. The number of hydrogen-bond donors (Lipinski definition) is 1. The van der Waals surface area contributed by atoms with E-state index in [9.17, 15) is 4.79 Å². The molecule has 180 valence electrons. The second kappa shape index (κ2) is 10.4. The van der Waals surface area contributed by atoms with E-state index < -0.39 is 0 Å². The summed E-state index contributed by atoms with van der Waals surface area (Å²) < 4.78 is 22.5. The number of carbonyl (C=O) groups excluding carboxylic acids is 1. The van der Waals surface area contributed by atoms with Crippen molar-refractivity contribution in [2.45, 2.75) is 19.9 Å². The number of fused-ring (bicyclic) bond motifs is 1. The minimum absolute atomic E-state index is 0.113. The first-order valence-electron chi connectivity index (χ1n) is 11.3. The van der Waals surface area contributed by atoms with Crippen LogP contribution >= 0.6 is 0 Å². The molecule has 6 nitrogen and oxygen atoms in total. The smallest absolute Gasteiger partial charge is 0.244 e. The molecular weight excluding hydrogens is 442 g/mol. The summed E-state index contributed by atoms with van der Waals surface area (Å²) in [6.07, 6.45) is 3.29. The van der Waals surface area contributed by atoms with E-state index >= 15 is 0 Å². The molecule has 3 aromatic carbocycles. The van der Waals surface area contributed by atoms with Gasteiger partial charge >= 0.3 is 0 Å². The Balaban J connectivity index is 1.72. The van der Waals surface area contributed by atoms with Crippen molar-refractivity contribution in [2.24, 2.45) is 0 Å². The van der Waals surface area contributed by atoms with Gasteiger partial charge in [0.15, 0.2) is 0 Å². The third kappa shape index (κ3) is 5.01. The fourth-order valence-electron chi connectivity index (χ4n) is 4.12. The van der Waals surface area contributed by atoms with Crippen LogP contribution in [-0.2, 0) is 4.79 Å². The molecule has 0 aliphatic carbocycles. The van der Waals surface area contributed by atoms with Crippen molar-refractivity contribution in [1.82, 2.24) is 5.32 Å². The lowest BCUT2D eigenvalue weighted by Gasteiger charge is -2.14. The number of ether oxygens (including phenoxy) is 3. The average molecular weight is 472 g/mol. The van der Waals surface area contributed by atoms with Gasteiger partial charge < -0.3 is 23.9 Å². The summed E-state index contributed by atoms with van der Waals surface area (Å²) in [4.78, 5) is 12.8. The second-order valence-corrected chi connectivity index (χ2v) is 8.23. The summed E-state index contributed by atoms with van der Waals surface area (Å²) >= 11 is 0. The predicted molar refractivity (Wildman–Crippen MR) is 138 cm³/mol. The zero-order valence-electron chi connectivity index (χ0n) is 20.5. The standard InChI is InChI=1S/C29H29NO5/c1-18(13-29(31)30-19(2)20-9-7-6-8-10-20)22-15-24-25(17-35-28(24)16-27(22)34-5)23-14-21(32-3)11-12-26(23)33-4/h6-17,19H,1-5H3,(H,30,31)/b18-13+. The summed E-state index contributed by atoms with van der Waals surface area (Å²) in [6, 6.07) is 19.2. The zero-order valence-corrected chi connectivity index (χ0v) is 20.5. The second-order valence-electron chi connectivity index (χ2n) is 8.23. The number of hydrogen-bond acceptors (Lipinski definition) is 5. The number of benzene rings is 3. The van der Waals surface area contributed by atoms with E-state index in [2.05, 4.69) is 5.32 Å². The van der Waals surface area contributed by atoms with Crippen LogP contribution in [-0.4, -0.2) is 27.2 Å². The molecule has 1 unspecified atom stereocenters. The zero-order chi connectivity index (χ0) is 24.9. The van der Waals surface area contributed by atoms with E-state index in [0.29, 0.717) is 22.8 Å². The van der Waals surface area contributed by atoms with Crippen LogP contribution in [0.2, 0.25) is 0 Å². The molecule has 0 aliphatic rings. The van der Waals surface area contributed by atoms with Gasteiger partial charge in [-0.15, -0.1) is 0 Å². The van der Waals surface area contributed by atoms with Crippen LogP contribution < -0.4 is 19.5 Å². The van der Waals surface area contributed by atoms with E-state index in [-0.39, 0.29) is 11.9 Å². The quantitative estimate of drug-likeness (QED) is 0.301. The molecule has 35 heavy (non-hydrogen) atoms. The fraction of sp³-hybridized carbons (Fsp3) is 0.207. The van der Waals surface area contributed by atoms with Gasteiger partial charge in [-0.1, -0.05) is 30.3 Å². The summed E-state index contributed by atoms with van der Waals surface area (Å²) in [5, 5.41) is 3.90. The number of furan rings is 1. The third-order valence-electron chi connectivity index (χ3n) is 6.02. The van der Waals surface area contributed by atoms with Crippen molar-refractivity contribution < 1.29 is 23.4 Å². The summed E-state index contributed by atoms with van der Waals surface area (Å²) in [5.41, 5.74) is 4.98. The normalized spacial score (nSPS) is 12.3. The van der Waals surface area contributed by atoms with Crippen LogP contribution in [0.1, 0.15) is 31.0 Å². The van der Waals surface area contributed by atoms with Gasteiger partial charge in [0.2, 0.25) is 5.91 Å². The van der Waals surface area contributed by atoms with Crippen LogP contribution in [0, 0.1) is 0 Å². The SMILES string of the molecule is COc1ccc(OC)c(-c2coc3cc(OC)c(/C(C)=C/C(=O)NC(C)c4ccccc4)cc23)c1. The molecule has 4 aromatic rings. The first-order valence-corrected chi connectivity index (χ1v) is 11.3. The molecule has 1 aromatic heterocycles. The van der Waals surface area contributed by atoms with Gasteiger partial charge in [-0.05, 0) is 49.2 Å². The molecule has 0 spiro atoms. The number of rotatable bonds is 8. The number of amides is 1. The molecule has 0 aliphatic heterocycles. The summed E-state index contributed by atoms with van der Waals surface area (Å²) in [5.74, 6) is 1.85. The first-order chi connectivity index (χ1) is 16.9. The lowest BCUT2D eigenvalue weighted by atomic mass is 9.98. The molecule has 0 radical (unpaired) electrons. The van der Waals surface area contributed by atoms with E-state index in [0.717, 1.165) is 33.2 Å². The van der Waals surface area contributed by atoms with Crippen molar-refractivity contribution in [3.05, 3.63) is 84.1 Å². The van der Waals surface area contributed by atoms with Gasteiger partial charge in [-0.3, -0.25) is 4.79 Å². The maximum atomic E-state index is 12.8. The van der Waals surface area contributed by atoms with Crippen LogP contribution in [0.3, 0.4) is 0 Å². The summed E-state index contributed by atoms with van der Waals surface area (Å²) in [6.45, 7) is 3.85. The average Bonchev–Trinajstić information content (AvgIpc) is 3.30. The highest BCUT2D eigenvalue weighted by Gasteiger charge is 2.18. The minimum Gasteiger partial charge on any atom is -0.497 e. The predicted octanol–water partition coefficient (Wildman–Crippen LogP) is 6.41. The minimum atomic E-state index is -0.178. The lowest BCUT2D eigenvalue weighted by Crippen LogP contribution is -2.24. The molecule has 1 amide bonds. The monoisotopic (exact) mass is 471 g/mol. The van der Waals surface area contributed by atoms with Crippen molar-refractivity contribution in [2.75, 3.05) is 21.3 Å². The van der Waals surface area contributed by atoms with Crippen molar-refractivity contribution >= 4 is 22.4 Å². The Hall–Kier alpha value is -4.19. The Kier molecular flexibility index (Phi) is 7.11. The molecule has 1 heterocycles. The molecule has 0 saturated carbocycles. The molecule has 0 fully saturated rings. The molecule has 1 N–H and O–H groups in total. The molecule has 0 bridgehead atoms. The number of carbonyl (C=O) groups is 1. The molecule has 1 atom stereocenters. The highest BCUT2D eigenvalue weighted by Crippen LogP contribution is 2.41. The Morgan fingerprint density at radius 3 is 2.34 bits per heavy atom. The van der Waals surface area contributed by atoms with Crippen molar-refractivity contribution in [3.63, 3.8) is 0 Å². The van der Waals surface area contributed by atoms with Gasteiger partial charge in [0.25, 0.3) is 0 Å². The van der Waals surface area contributed by atoms with Gasteiger partial charge in [0.05, 0.1) is 33.6 Å². The third-order valence-corrected chi connectivity index (χ3v) is 6.02. The Bertz CT molecular complexity index is 1370.